The maximum absolute atomic E-state index is 12.6. The fourth-order valence-electron chi connectivity index (χ4n) is 2.06. The van der Waals surface area contributed by atoms with Crippen molar-refractivity contribution in [2.75, 3.05) is 10.5 Å². The van der Waals surface area contributed by atoms with Gasteiger partial charge in [-0.25, -0.2) is 8.42 Å². The molecule has 2 aromatic rings. The molecule has 0 saturated carbocycles. The second-order valence-corrected chi connectivity index (χ2v) is 8.28. The standard InChI is InChI=1S/C17H20N2O3S2/c1-12(2)13-7-9-14(10-8-13)24(21,22)19-15-5-3-4-6-16(15)23-11-17(18)20/h3-10,12,19H,11H2,1-2H3,(H2,18,20). The number of carbonyl (C=O) groups excluding carboxylic acids is 1. The van der Waals surface area contributed by atoms with Crippen LogP contribution < -0.4 is 10.5 Å². The summed E-state index contributed by atoms with van der Waals surface area (Å²) in [4.78, 5) is 11.8. The highest BCUT2D eigenvalue weighted by molar-refractivity contribution is 8.00. The Labute approximate surface area is 146 Å². The van der Waals surface area contributed by atoms with Crippen molar-refractivity contribution in [2.45, 2.75) is 29.6 Å². The third-order valence-corrected chi connectivity index (χ3v) is 5.84. The van der Waals surface area contributed by atoms with E-state index >= 15 is 0 Å². The number of hydrogen-bond acceptors (Lipinski definition) is 4. The van der Waals surface area contributed by atoms with Gasteiger partial charge in [-0.05, 0) is 35.7 Å². The highest BCUT2D eigenvalue weighted by Gasteiger charge is 2.16. The third kappa shape index (κ3) is 4.75. The smallest absolute Gasteiger partial charge is 0.261 e. The number of nitrogens with one attached hydrogen (secondary N) is 1. The van der Waals surface area contributed by atoms with Gasteiger partial charge in [0.1, 0.15) is 0 Å². The van der Waals surface area contributed by atoms with Crippen LogP contribution in [0.4, 0.5) is 5.69 Å². The van der Waals surface area contributed by atoms with Gasteiger partial charge >= 0.3 is 0 Å². The van der Waals surface area contributed by atoms with Gasteiger partial charge in [0, 0.05) is 4.90 Å². The van der Waals surface area contributed by atoms with Crippen LogP contribution in [0, 0.1) is 0 Å². The molecule has 2 aromatic carbocycles. The lowest BCUT2D eigenvalue weighted by Crippen LogP contribution is -2.15. The topological polar surface area (TPSA) is 89.3 Å². The van der Waals surface area contributed by atoms with Crippen molar-refractivity contribution in [3.8, 4) is 0 Å². The van der Waals surface area contributed by atoms with Crippen LogP contribution in [-0.2, 0) is 14.8 Å². The van der Waals surface area contributed by atoms with Gasteiger partial charge in [0.25, 0.3) is 10.0 Å². The summed E-state index contributed by atoms with van der Waals surface area (Å²) < 4.78 is 27.7. The maximum atomic E-state index is 12.6. The molecular formula is C17H20N2O3S2. The Hall–Kier alpha value is -1.99. The number of amides is 1. The summed E-state index contributed by atoms with van der Waals surface area (Å²) in [6, 6.07) is 13.7. The zero-order valence-corrected chi connectivity index (χ0v) is 15.2. The van der Waals surface area contributed by atoms with Gasteiger partial charge in [0.15, 0.2) is 0 Å². The average molecular weight is 364 g/mol. The Morgan fingerprint density at radius 1 is 1.12 bits per heavy atom. The largest absolute Gasteiger partial charge is 0.369 e. The van der Waals surface area contributed by atoms with Gasteiger partial charge in [0.2, 0.25) is 5.91 Å². The average Bonchev–Trinajstić information content (AvgIpc) is 2.53. The van der Waals surface area contributed by atoms with E-state index < -0.39 is 15.9 Å². The Bertz CT molecular complexity index is 816. The first-order chi connectivity index (χ1) is 11.3. The first kappa shape index (κ1) is 18.4. The molecule has 128 valence electrons. The molecule has 1 amide bonds. The van der Waals surface area contributed by atoms with Crippen LogP contribution in [0.1, 0.15) is 25.3 Å². The van der Waals surface area contributed by atoms with Crippen LogP contribution in [-0.4, -0.2) is 20.1 Å². The molecule has 0 radical (unpaired) electrons. The van der Waals surface area contributed by atoms with E-state index in [1.165, 1.54) is 11.8 Å². The Morgan fingerprint density at radius 3 is 2.33 bits per heavy atom. The maximum Gasteiger partial charge on any atom is 0.261 e. The molecule has 0 bridgehead atoms. The van der Waals surface area contributed by atoms with E-state index in [0.717, 1.165) is 5.56 Å². The lowest BCUT2D eigenvalue weighted by molar-refractivity contribution is -0.115. The molecule has 0 aliphatic carbocycles. The molecule has 0 atom stereocenters. The van der Waals surface area contributed by atoms with Gasteiger partial charge in [0.05, 0.1) is 16.3 Å². The fraction of sp³-hybridized carbons (Fsp3) is 0.235. The predicted molar refractivity (Wildman–Crippen MR) is 97.7 cm³/mol. The van der Waals surface area contributed by atoms with Crippen molar-refractivity contribution >= 4 is 33.4 Å². The molecular weight excluding hydrogens is 344 g/mol. The van der Waals surface area contributed by atoms with Gasteiger partial charge in [-0.1, -0.05) is 38.1 Å². The molecule has 24 heavy (non-hydrogen) atoms. The number of primary amides is 1. The molecule has 0 unspecified atom stereocenters. The summed E-state index contributed by atoms with van der Waals surface area (Å²) in [6.07, 6.45) is 0. The minimum absolute atomic E-state index is 0.0851. The third-order valence-electron chi connectivity index (χ3n) is 3.36. The Kier molecular flexibility index (Phi) is 5.90. The number of anilines is 1. The van der Waals surface area contributed by atoms with Crippen molar-refractivity contribution in [3.63, 3.8) is 0 Å². The summed E-state index contributed by atoms with van der Waals surface area (Å²) in [5.74, 6) is -0.0375. The molecule has 0 aromatic heterocycles. The summed E-state index contributed by atoms with van der Waals surface area (Å²) in [7, 11) is -3.70. The van der Waals surface area contributed by atoms with Crippen molar-refractivity contribution in [1.29, 1.82) is 0 Å². The number of rotatable bonds is 7. The van der Waals surface area contributed by atoms with E-state index in [-0.39, 0.29) is 10.6 Å². The van der Waals surface area contributed by atoms with Crippen LogP contribution in [0.25, 0.3) is 0 Å². The molecule has 0 aliphatic rings. The summed E-state index contributed by atoms with van der Waals surface area (Å²) >= 11 is 1.20. The van der Waals surface area contributed by atoms with Gasteiger partial charge < -0.3 is 5.73 Å². The molecule has 3 N–H and O–H groups in total. The number of thioether (sulfide) groups is 1. The van der Waals surface area contributed by atoms with Gasteiger partial charge in [-0.3, -0.25) is 9.52 Å². The minimum Gasteiger partial charge on any atom is -0.369 e. The molecule has 0 saturated heterocycles. The predicted octanol–water partition coefficient (Wildman–Crippen LogP) is 3.19. The van der Waals surface area contributed by atoms with Crippen LogP contribution in [0.5, 0.6) is 0 Å². The van der Waals surface area contributed by atoms with Gasteiger partial charge in [-0.15, -0.1) is 11.8 Å². The van der Waals surface area contributed by atoms with Crippen molar-refractivity contribution in [2.24, 2.45) is 5.73 Å². The van der Waals surface area contributed by atoms with Crippen molar-refractivity contribution in [1.82, 2.24) is 0 Å². The van der Waals surface area contributed by atoms with Crippen LogP contribution in [0.3, 0.4) is 0 Å². The highest BCUT2D eigenvalue weighted by atomic mass is 32.2. The molecule has 0 fully saturated rings. The van der Waals surface area contributed by atoms with Crippen LogP contribution >= 0.6 is 11.8 Å². The molecule has 7 heteroatoms. The summed E-state index contributed by atoms with van der Waals surface area (Å²) in [5.41, 5.74) is 6.65. The lowest BCUT2D eigenvalue weighted by atomic mass is 10.0. The van der Waals surface area contributed by atoms with E-state index in [2.05, 4.69) is 4.72 Å². The van der Waals surface area contributed by atoms with Crippen molar-refractivity contribution < 1.29 is 13.2 Å². The molecule has 5 nitrogen and oxygen atoms in total. The Morgan fingerprint density at radius 2 is 1.75 bits per heavy atom. The number of hydrogen-bond donors (Lipinski definition) is 2. The van der Waals surface area contributed by atoms with Crippen LogP contribution in [0.2, 0.25) is 0 Å². The zero-order valence-electron chi connectivity index (χ0n) is 13.5. The Balaban J connectivity index is 2.24. The van der Waals surface area contributed by atoms with E-state index in [4.69, 9.17) is 5.73 Å². The van der Waals surface area contributed by atoms with E-state index in [0.29, 0.717) is 16.5 Å². The first-order valence-corrected chi connectivity index (χ1v) is 9.89. The number of sulfonamides is 1. The quantitative estimate of drug-likeness (QED) is 0.739. The first-order valence-electron chi connectivity index (χ1n) is 7.42. The lowest BCUT2D eigenvalue weighted by Gasteiger charge is -2.13. The zero-order chi connectivity index (χ0) is 17.7. The fourth-order valence-corrected chi connectivity index (χ4v) is 3.95. The number of para-hydroxylation sites is 1. The number of benzene rings is 2. The molecule has 0 aliphatic heterocycles. The summed E-state index contributed by atoms with van der Waals surface area (Å²) in [5, 5.41) is 0. The van der Waals surface area contributed by atoms with E-state index in [1.807, 2.05) is 26.0 Å². The minimum atomic E-state index is -3.70. The second-order valence-electron chi connectivity index (χ2n) is 5.58. The SMILES string of the molecule is CC(C)c1ccc(S(=O)(=O)Nc2ccccc2SCC(N)=O)cc1. The second kappa shape index (κ2) is 7.72. The summed E-state index contributed by atoms with van der Waals surface area (Å²) in [6.45, 7) is 4.10. The molecule has 2 rings (SSSR count). The molecule has 0 spiro atoms. The highest BCUT2D eigenvalue weighted by Crippen LogP contribution is 2.29. The molecule has 0 heterocycles. The van der Waals surface area contributed by atoms with Gasteiger partial charge in [-0.2, -0.15) is 0 Å². The van der Waals surface area contributed by atoms with Crippen molar-refractivity contribution in [3.05, 3.63) is 54.1 Å². The van der Waals surface area contributed by atoms with Crippen LogP contribution in [0.15, 0.2) is 58.3 Å². The van der Waals surface area contributed by atoms with E-state index in [9.17, 15) is 13.2 Å². The number of nitrogens with two attached hydrogens (primary N) is 1. The van der Waals surface area contributed by atoms with E-state index in [1.54, 1.807) is 36.4 Å². The number of carbonyl (C=O) groups is 1. The monoisotopic (exact) mass is 364 g/mol. The normalized spacial score (nSPS) is 11.5.